The number of hydrogen-bond acceptors (Lipinski definition) is 1. The van der Waals surface area contributed by atoms with Gasteiger partial charge in [0.25, 0.3) is 0 Å². The molecule has 204 valence electrons. The van der Waals surface area contributed by atoms with Crippen LogP contribution in [0.15, 0.2) is 140 Å². The monoisotopic (exact) mass is 615 g/mol. The molecule has 2 heteroatoms. The van der Waals surface area contributed by atoms with Gasteiger partial charge in [-0.05, 0) is 0 Å². The minimum atomic E-state index is -0.0917. The topological polar surface area (TPSA) is 3.24 Å². The Hall–Kier alpha value is -4.62. The van der Waals surface area contributed by atoms with Gasteiger partial charge >= 0.3 is 234 Å². The summed E-state index contributed by atoms with van der Waals surface area (Å²) in [6.07, 6.45) is 0. The van der Waals surface area contributed by atoms with Crippen molar-refractivity contribution in [2.75, 3.05) is 4.90 Å². The summed E-state index contributed by atoms with van der Waals surface area (Å²) in [7, 11) is 0. The van der Waals surface area contributed by atoms with E-state index in [9.17, 15) is 0 Å². The molecule has 7 aromatic carbocycles. The first-order valence-corrected chi connectivity index (χ1v) is 16.6. The fraction of sp³-hybridized carbons (Fsp3) is 0.0732. The SMILES string of the molecule is CC1(C)c2cc(N(c3ccccc3)c3ccc4ccc5c6ccccc6[se]c5c4c3)ccc2-c2cc3ccccc3cc21. The van der Waals surface area contributed by atoms with Gasteiger partial charge in [0, 0.05) is 0 Å². The van der Waals surface area contributed by atoms with Crippen LogP contribution in [-0.4, -0.2) is 14.5 Å². The van der Waals surface area contributed by atoms with Crippen molar-refractivity contribution in [1.82, 2.24) is 0 Å². The summed E-state index contributed by atoms with van der Waals surface area (Å²) in [4.78, 5) is 2.43. The standard InChI is InChI=1S/C41H29NSe/c1-41(2)37-23-28-11-7-6-10-27(28)22-36(37)32-21-19-31(25-38(32)41)42(29-12-4-3-5-13-29)30-18-16-26-17-20-34-33-14-8-9-15-39(33)43-40(34)35(26)24-30/h3-25H,1-2H3. The average molecular weight is 615 g/mol. The molecule has 0 saturated heterocycles. The van der Waals surface area contributed by atoms with Gasteiger partial charge in [0.05, 0.1) is 0 Å². The molecule has 9 rings (SSSR count). The zero-order chi connectivity index (χ0) is 28.7. The average Bonchev–Trinajstić information content (AvgIpc) is 3.53. The first kappa shape index (κ1) is 24.9. The van der Waals surface area contributed by atoms with E-state index in [1.165, 1.54) is 80.2 Å². The molecule has 0 atom stereocenters. The van der Waals surface area contributed by atoms with Crippen molar-refractivity contribution in [2.24, 2.45) is 0 Å². The van der Waals surface area contributed by atoms with Gasteiger partial charge in [-0.2, -0.15) is 0 Å². The molecule has 1 aliphatic carbocycles. The van der Waals surface area contributed by atoms with Crippen LogP contribution < -0.4 is 4.90 Å². The number of anilines is 3. The summed E-state index contributed by atoms with van der Waals surface area (Å²) in [5, 5.41) is 8.08. The van der Waals surface area contributed by atoms with Crippen molar-refractivity contribution in [1.29, 1.82) is 0 Å². The molecule has 0 N–H and O–H groups in total. The van der Waals surface area contributed by atoms with Crippen LogP contribution in [0.4, 0.5) is 17.1 Å². The van der Waals surface area contributed by atoms with E-state index < -0.39 is 0 Å². The molecule has 1 aromatic heterocycles. The molecule has 0 bridgehead atoms. The minimum absolute atomic E-state index is 0.0917. The van der Waals surface area contributed by atoms with Crippen LogP contribution in [0.25, 0.3) is 52.0 Å². The van der Waals surface area contributed by atoms with Gasteiger partial charge in [0.15, 0.2) is 0 Å². The molecule has 43 heavy (non-hydrogen) atoms. The Morgan fingerprint density at radius 2 is 1.14 bits per heavy atom. The van der Waals surface area contributed by atoms with E-state index in [2.05, 4.69) is 158 Å². The van der Waals surface area contributed by atoms with Crippen molar-refractivity contribution in [2.45, 2.75) is 19.3 Å². The van der Waals surface area contributed by atoms with Gasteiger partial charge in [-0.15, -0.1) is 0 Å². The third kappa shape index (κ3) is 3.70. The van der Waals surface area contributed by atoms with E-state index in [0.717, 1.165) is 0 Å². The van der Waals surface area contributed by atoms with E-state index in [0.29, 0.717) is 14.5 Å². The third-order valence-electron chi connectivity index (χ3n) is 9.40. The van der Waals surface area contributed by atoms with Crippen molar-refractivity contribution >= 4 is 72.4 Å². The number of nitrogens with zero attached hydrogens (tertiary/aromatic N) is 1. The summed E-state index contributed by atoms with van der Waals surface area (Å²) in [6.45, 7) is 4.75. The molecular formula is C41H29NSe. The van der Waals surface area contributed by atoms with Crippen LogP contribution in [0.2, 0.25) is 0 Å². The molecule has 0 fully saturated rings. The quantitative estimate of drug-likeness (QED) is 0.179. The second-order valence-corrected chi connectivity index (χ2v) is 14.4. The Morgan fingerprint density at radius 3 is 2.00 bits per heavy atom. The van der Waals surface area contributed by atoms with Crippen LogP contribution in [0.1, 0.15) is 25.0 Å². The van der Waals surface area contributed by atoms with Crippen LogP contribution in [0.5, 0.6) is 0 Å². The molecule has 8 aromatic rings. The molecule has 0 amide bonds. The van der Waals surface area contributed by atoms with Gasteiger partial charge in [0.1, 0.15) is 0 Å². The molecule has 0 radical (unpaired) electrons. The maximum atomic E-state index is 2.44. The van der Waals surface area contributed by atoms with E-state index in [4.69, 9.17) is 0 Å². The van der Waals surface area contributed by atoms with Crippen molar-refractivity contribution in [3.8, 4) is 11.1 Å². The van der Waals surface area contributed by atoms with Crippen LogP contribution in [0, 0.1) is 0 Å². The van der Waals surface area contributed by atoms with Crippen molar-refractivity contribution in [3.63, 3.8) is 0 Å². The Labute approximate surface area is 257 Å². The van der Waals surface area contributed by atoms with Gasteiger partial charge < -0.3 is 0 Å². The summed E-state index contributed by atoms with van der Waals surface area (Å²) in [6, 6.07) is 52.0. The maximum absolute atomic E-state index is 2.44. The third-order valence-corrected chi connectivity index (χ3v) is 12.0. The zero-order valence-electron chi connectivity index (χ0n) is 24.1. The van der Waals surface area contributed by atoms with Crippen LogP contribution in [-0.2, 0) is 5.41 Å². The van der Waals surface area contributed by atoms with Crippen molar-refractivity contribution in [3.05, 3.63) is 151 Å². The second kappa shape index (κ2) is 9.19. The van der Waals surface area contributed by atoms with E-state index in [-0.39, 0.29) is 5.41 Å². The van der Waals surface area contributed by atoms with Crippen LogP contribution in [0.3, 0.4) is 0 Å². The first-order chi connectivity index (χ1) is 21.1. The van der Waals surface area contributed by atoms with E-state index >= 15 is 0 Å². The molecular weight excluding hydrogens is 585 g/mol. The predicted molar refractivity (Wildman–Crippen MR) is 186 cm³/mol. The summed E-state index contributed by atoms with van der Waals surface area (Å²) < 4.78 is 2.98. The Morgan fingerprint density at radius 1 is 0.465 bits per heavy atom. The Kier molecular flexibility index (Phi) is 5.33. The van der Waals surface area contributed by atoms with Gasteiger partial charge in [0.2, 0.25) is 0 Å². The van der Waals surface area contributed by atoms with Crippen molar-refractivity contribution < 1.29 is 0 Å². The fourth-order valence-electron chi connectivity index (χ4n) is 7.20. The molecule has 1 aliphatic rings. The second-order valence-electron chi connectivity index (χ2n) is 12.2. The molecule has 0 spiro atoms. The normalized spacial score (nSPS) is 13.5. The summed E-state index contributed by atoms with van der Waals surface area (Å²) >= 11 is 0.300. The number of hydrogen-bond donors (Lipinski definition) is 0. The Balaban J connectivity index is 1.25. The number of fused-ring (bicyclic) bond motifs is 9. The van der Waals surface area contributed by atoms with E-state index in [1.807, 2.05) is 0 Å². The Bertz CT molecular complexity index is 2380. The van der Waals surface area contributed by atoms with Gasteiger partial charge in [-0.25, -0.2) is 0 Å². The number of para-hydroxylation sites is 1. The molecule has 1 nitrogen and oxygen atoms in total. The van der Waals surface area contributed by atoms with Crippen LogP contribution >= 0.6 is 0 Å². The first-order valence-electron chi connectivity index (χ1n) is 14.9. The van der Waals surface area contributed by atoms with Gasteiger partial charge in [-0.1, -0.05) is 24.3 Å². The van der Waals surface area contributed by atoms with Gasteiger partial charge in [-0.3, -0.25) is 0 Å². The molecule has 1 heterocycles. The molecule has 0 aliphatic heterocycles. The van der Waals surface area contributed by atoms with E-state index in [1.54, 1.807) is 0 Å². The number of benzene rings is 7. The number of rotatable bonds is 3. The predicted octanol–water partition coefficient (Wildman–Crippen LogP) is 11.1. The zero-order valence-corrected chi connectivity index (χ0v) is 25.8. The summed E-state index contributed by atoms with van der Waals surface area (Å²) in [5.74, 6) is 0. The molecule has 0 unspecified atom stereocenters. The summed E-state index contributed by atoms with van der Waals surface area (Å²) in [5.41, 5.74) is 8.96. The fourth-order valence-corrected chi connectivity index (χ4v) is 9.78. The molecule has 0 saturated carbocycles.